The second-order valence-electron chi connectivity index (χ2n) is 12.8. The average Bonchev–Trinajstić information content (AvgIpc) is 3.64. The molecule has 2 aliphatic carbocycles. The van der Waals surface area contributed by atoms with Crippen molar-refractivity contribution in [3.05, 3.63) is 137 Å². The minimum Gasteiger partial charge on any atom is -0.489 e. The summed E-state index contributed by atoms with van der Waals surface area (Å²) in [6.45, 7) is 0. The Bertz CT molecular complexity index is 2200. The third kappa shape index (κ3) is 7.30. The van der Waals surface area contributed by atoms with Crippen molar-refractivity contribution < 1.29 is 45.4 Å². The van der Waals surface area contributed by atoms with Crippen molar-refractivity contribution in [2.45, 2.75) is 43.1 Å². The first kappa shape index (κ1) is 35.2. The molecule has 0 heterocycles. The molecule has 1 saturated carbocycles. The molecule has 3 unspecified atom stereocenters. The number of anilines is 4. The monoisotopic (exact) mass is 732 g/mol. The first-order chi connectivity index (χ1) is 25.1. The summed E-state index contributed by atoms with van der Waals surface area (Å²) in [6.07, 6.45) is -9.10. The Morgan fingerprint density at radius 3 is 1.57 bits per heavy atom. The molecule has 0 radical (unpaired) electrons. The molecular formula is C39H30F6N4O4. The minimum atomic E-state index is -4.84. The highest BCUT2D eigenvalue weighted by molar-refractivity contribution is 6.05. The fourth-order valence-corrected chi connectivity index (χ4v) is 6.87. The number of amides is 2. The van der Waals surface area contributed by atoms with E-state index in [2.05, 4.69) is 10.6 Å². The van der Waals surface area contributed by atoms with Crippen LogP contribution >= 0.6 is 0 Å². The van der Waals surface area contributed by atoms with Crippen LogP contribution in [0.2, 0.25) is 0 Å². The van der Waals surface area contributed by atoms with E-state index in [4.69, 9.17) is 20.9 Å². The molecule has 0 spiro atoms. The Hall–Kier alpha value is -6.18. The number of hydrogen-bond donors (Lipinski definition) is 4. The van der Waals surface area contributed by atoms with Crippen molar-refractivity contribution in [3.63, 3.8) is 0 Å². The van der Waals surface area contributed by atoms with Gasteiger partial charge in [-0.1, -0.05) is 6.07 Å². The topological polar surface area (TPSA) is 129 Å². The van der Waals surface area contributed by atoms with Crippen LogP contribution in [0.3, 0.4) is 0 Å². The number of nitrogen functional groups attached to an aromatic ring is 2. The van der Waals surface area contributed by atoms with Gasteiger partial charge in [0.25, 0.3) is 11.8 Å². The van der Waals surface area contributed by atoms with Gasteiger partial charge in [0.2, 0.25) is 0 Å². The summed E-state index contributed by atoms with van der Waals surface area (Å²) in [5, 5.41) is 4.92. The van der Waals surface area contributed by atoms with E-state index >= 15 is 0 Å². The lowest BCUT2D eigenvalue weighted by atomic mass is 9.92. The zero-order valence-corrected chi connectivity index (χ0v) is 27.5. The number of carbonyl (C=O) groups excluding carboxylic acids is 2. The predicted octanol–water partition coefficient (Wildman–Crippen LogP) is 9.61. The molecule has 7 rings (SSSR count). The minimum absolute atomic E-state index is 0.0820. The Morgan fingerprint density at radius 1 is 0.585 bits per heavy atom. The van der Waals surface area contributed by atoms with E-state index < -0.39 is 52.9 Å². The lowest BCUT2D eigenvalue weighted by Crippen LogP contribution is -2.22. The zero-order valence-electron chi connectivity index (χ0n) is 27.5. The highest BCUT2D eigenvalue weighted by Gasteiger charge is 2.49. The molecule has 272 valence electrons. The summed E-state index contributed by atoms with van der Waals surface area (Å²) < 4.78 is 97.4. The molecule has 14 heteroatoms. The van der Waals surface area contributed by atoms with Gasteiger partial charge in [0.05, 0.1) is 5.56 Å². The highest BCUT2D eigenvalue weighted by Crippen LogP contribution is 2.56. The van der Waals surface area contributed by atoms with Crippen molar-refractivity contribution in [3.8, 4) is 17.2 Å². The van der Waals surface area contributed by atoms with Crippen LogP contribution in [0.4, 0.5) is 49.1 Å². The summed E-state index contributed by atoms with van der Waals surface area (Å²) in [5.41, 5.74) is 11.7. The van der Waals surface area contributed by atoms with E-state index in [9.17, 15) is 35.9 Å². The van der Waals surface area contributed by atoms with Crippen LogP contribution in [-0.2, 0) is 12.4 Å². The largest absolute Gasteiger partial charge is 0.489 e. The van der Waals surface area contributed by atoms with Crippen molar-refractivity contribution in [1.29, 1.82) is 0 Å². The van der Waals surface area contributed by atoms with Gasteiger partial charge in [0, 0.05) is 45.7 Å². The van der Waals surface area contributed by atoms with E-state index in [0.717, 1.165) is 23.8 Å². The summed E-state index contributed by atoms with van der Waals surface area (Å²) in [7, 11) is 0. The zero-order chi connectivity index (χ0) is 37.7. The Morgan fingerprint density at radius 2 is 1.06 bits per heavy atom. The molecule has 5 aromatic carbocycles. The van der Waals surface area contributed by atoms with Gasteiger partial charge in [0.1, 0.15) is 28.9 Å². The lowest BCUT2D eigenvalue weighted by Gasteiger charge is -2.22. The van der Waals surface area contributed by atoms with Crippen molar-refractivity contribution >= 4 is 34.6 Å². The van der Waals surface area contributed by atoms with E-state index in [0.29, 0.717) is 29.8 Å². The van der Waals surface area contributed by atoms with Crippen molar-refractivity contribution in [2.24, 2.45) is 0 Å². The van der Waals surface area contributed by atoms with E-state index in [1.165, 1.54) is 72.8 Å². The van der Waals surface area contributed by atoms with Crippen LogP contribution < -0.4 is 31.6 Å². The van der Waals surface area contributed by atoms with Crippen molar-refractivity contribution in [1.82, 2.24) is 0 Å². The Labute approximate surface area is 298 Å². The molecule has 2 amide bonds. The molecule has 1 fully saturated rings. The molecule has 2 aliphatic rings. The average molecular weight is 733 g/mol. The summed E-state index contributed by atoms with van der Waals surface area (Å²) in [5.74, 6) is -2.67. The number of fused-ring (bicyclic) bond motifs is 5. The molecule has 5 aromatic rings. The fraction of sp³-hybridized carbons (Fsp3) is 0.179. The van der Waals surface area contributed by atoms with Gasteiger partial charge in [-0.15, -0.1) is 0 Å². The van der Waals surface area contributed by atoms with Crippen LogP contribution in [0.15, 0.2) is 103 Å². The second-order valence-corrected chi connectivity index (χ2v) is 12.8. The van der Waals surface area contributed by atoms with Gasteiger partial charge in [-0.25, -0.2) is 0 Å². The SMILES string of the molecule is Nc1ccc(C(=O)Nc2ccc(Oc3ccc4c(c3)C3CCC4C3Oc3ccc(NC(=O)c4ccc(N)cc4)cc3C(F)(F)F)c(C(F)(F)F)c2)cc1. The van der Waals surface area contributed by atoms with Crippen LogP contribution in [0, 0.1) is 0 Å². The summed E-state index contributed by atoms with van der Waals surface area (Å²) in [6, 6.07) is 23.0. The molecular weight excluding hydrogens is 702 g/mol. The van der Waals surface area contributed by atoms with Gasteiger partial charge >= 0.3 is 12.4 Å². The molecule has 0 aliphatic heterocycles. The van der Waals surface area contributed by atoms with Crippen molar-refractivity contribution in [2.75, 3.05) is 22.1 Å². The Kier molecular flexibility index (Phi) is 8.92. The number of nitrogens with two attached hydrogens (primary N) is 2. The number of benzene rings is 5. The van der Waals surface area contributed by atoms with Crippen LogP contribution in [-0.4, -0.2) is 17.9 Å². The molecule has 0 saturated heterocycles. The highest BCUT2D eigenvalue weighted by atomic mass is 19.4. The summed E-state index contributed by atoms with van der Waals surface area (Å²) >= 11 is 0. The van der Waals surface area contributed by atoms with E-state index in [1.54, 1.807) is 12.1 Å². The standard InChI is InChI=1S/C39H30F6N4O4/c40-38(41,42)31-17-24(48-36(50)20-1-5-22(46)6-2-20)9-15-33(31)52-26-11-12-27-28-13-14-29(30(27)19-26)35(28)53-34-16-10-25(18-32(34)39(43,44)45)49-37(51)21-3-7-23(47)8-4-21/h1-12,15-19,28-29,35H,13-14,46-47H2,(H,48,50)(H,49,51). The molecule has 3 atom stereocenters. The second kappa shape index (κ2) is 13.4. The van der Waals surface area contributed by atoms with Gasteiger partial charge in [-0.2, -0.15) is 26.3 Å². The molecule has 8 nitrogen and oxygen atoms in total. The number of nitrogens with one attached hydrogen (secondary N) is 2. The number of carbonyl (C=O) groups is 2. The molecule has 6 N–H and O–H groups in total. The Balaban J connectivity index is 1.09. The smallest absolute Gasteiger partial charge is 0.420 e. The molecule has 0 aromatic heterocycles. The number of halogens is 6. The first-order valence-electron chi connectivity index (χ1n) is 16.4. The van der Waals surface area contributed by atoms with Crippen LogP contribution in [0.25, 0.3) is 0 Å². The fourth-order valence-electron chi connectivity index (χ4n) is 6.87. The summed E-state index contributed by atoms with van der Waals surface area (Å²) in [4.78, 5) is 25.2. The number of alkyl halides is 6. The predicted molar refractivity (Wildman–Crippen MR) is 186 cm³/mol. The third-order valence-corrected chi connectivity index (χ3v) is 9.36. The van der Waals surface area contributed by atoms with Gasteiger partial charge in [0.15, 0.2) is 0 Å². The quantitative estimate of drug-likeness (QED) is 0.0930. The maximum absolute atomic E-state index is 14.3. The number of rotatable bonds is 8. The maximum atomic E-state index is 14.3. The van der Waals surface area contributed by atoms with Crippen LogP contribution in [0.5, 0.6) is 17.2 Å². The maximum Gasteiger partial charge on any atom is 0.420 e. The van der Waals surface area contributed by atoms with Gasteiger partial charge in [-0.3, -0.25) is 9.59 Å². The van der Waals surface area contributed by atoms with E-state index in [-0.39, 0.29) is 40.1 Å². The number of hydrogen-bond acceptors (Lipinski definition) is 6. The lowest BCUT2D eigenvalue weighted by molar-refractivity contribution is -0.139. The normalized spacial score (nSPS) is 17.6. The van der Waals surface area contributed by atoms with E-state index in [1.807, 2.05) is 0 Å². The first-order valence-corrected chi connectivity index (χ1v) is 16.4. The van der Waals surface area contributed by atoms with Crippen LogP contribution in [0.1, 0.15) is 67.6 Å². The number of ether oxygens (including phenoxy) is 2. The molecule has 53 heavy (non-hydrogen) atoms. The molecule has 2 bridgehead atoms. The third-order valence-electron chi connectivity index (χ3n) is 9.36. The van der Waals surface area contributed by atoms with Gasteiger partial charge < -0.3 is 31.6 Å². The van der Waals surface area contributed by atoms with Gasteiger partial charge in [-0.05, 0) is 121 Å².